The Bertz CT molecular complexity index is 519. The van der Waals surface area contributed by atoms with Gasteiger partial charge in [0.1, 0.15) is 17.1 Å². The number of likely N-dealkylation sites (N-methyl/N-ethyl adjacent to an activating group) is 1. The van der Waals surface area contributed by atoms with Crippen LogP contribution in [0.5, 0.6) is 5.75 Å². The zero-order valence-electron chi connectivity index (χ0n) is 11.0. The third kappa shape index (κ3) is 3.03. The van der Waals surface area contributed by atoms with Gasteiger partial charge in [-0.1, -0.05) is 0 Å². The summed E-state index contributed by atoms with van der Waals surface area (Å²) < 4.78 is 10.9. The number of ether oxygens (including phenoxy) is 1. The molecule has 0 aliphatic heterocycles. The molecule has 4 heteroatoms. The van der Waals surface area contributed by atoms with Crippen molar-refractivity contribution < 1.29 is 14.3 Å². The number of methoxy groups -OCH3 is 1. The molecule has 18 heavy (non-hydrogen) atoms. The quantitative estimate of drug-likeness (QED) is 0.883. The van der Waals surface area contributed by atoms with E-state index in [1.54, 1.807) is 14.0 Å². The molecule has 0 aliphatic carbocycles. The summed E-state index contributed by atoms with van der Waals surface area (Å²) in [6, 6.07) is 7.76. The molecule has 0 spiro atoms. The molecule has 2 rings (SSSR count). The first-order valence-corrected chi connectivity index (χ1v) is 6.01. The maximum Gasteiger partial charge on any atom is 0.134 e. The fraction of sp³-hybridized carbons (Fsp3) is 0.429. The highest BCUT2D eigenvalue weighted by Crippen LogP contribution is 2.24. The predicted molar refractivity (Wildman–Crippen MR) is 70.8 cm³/mol. The Morgan fingerprint density at radius 2 is 2.17 bits per heavy atom. The first kappa shape index (κ1) is 12.9. The number of hydrogen-bond acceptors (Lipinski definition) is 4. The van der Waals surface area contributed by atoms with Crippen molar-refractivity contribution in [3.8, 4) is 5.75 Å². The van der Waals surface area contributed by atoms with Crippen LogP contribution in [0.1, 0.15) is 12.7 Å². The van der Waals surface area contributed by atoms with Crippen molar-refractivity contribution in [3.63, 3.8) is 0 Å². The van der Waals surface area contributed by atoms with Crippen LogP contribution in [-0.4, -0.2) is 36.8 Å². The van der Waals surface area contributed by atoms with Crippen LogP contribution in [0.25, 0.3) is 11.0 Å². The molecule has 0 saturated heterocycles. The van der Waals surface area contributed by atoms with Crippen molar-refractivity contribution in [2.24, 2.45) is 0 Å². The van der Waals surface area contributed by atoms with E-state index < -0.39 is 0 Å². The van der Waals surface area contributed by atoms with Crippen LogP contribution in [0.3, 0.4) is 0 Å². The molecule has 2 aromatic rings. The summed E-state index contributed by atoms with van der Waals surface area (Å²) in [5.74, 6) is 1.72. The number of furan rings is 1. The minimum absolute atomic E-state index is 0.334. The van der Waals surface area contributed by atoms with Crippen LogP contribution >= 0.6 is 0 Å². The molecule has 98 valence electrons. The Hall–Kier alpha value is -1.52. The zero-order chi connectivity index (χ0) is 13.1. The van der Waals surface area contributed by atoms with Crippen LogP contribution < -0.4 is 4.74 Å². The first-order chi connectivity index (χ1) is 8.58. The lowest BCUT2D eigenvalue weighted by Gasteiger charge is -2.16. The number of hydrogen-bond donors (Lipinski definition) is 1. The van der Waals surface area contributed by atoms with Crippen molar-refractivity contribution >= 4 is 11.0 Å². The third-order valence-corrected chi connectivity index (χ3v) is 2.78. The Kier molecular flexibility index (Phi) is 3.89. The monoisotopic (exact) mass is 249 g/mol. The summed E-state index contributed by atoms with van der Waals surface area (Å²) in [5.41, 5.74) is 0.858. The molecule has 0 saturated carbocycles. The standard InChI is InChI=1S/C14H19NO3/c1-10(16)8-15(2)9-13-7-11-6-12(17-3)4-5-14(11)18-13/h4-7,10,16H,8-9H2,1-3H3/t10-/m1/s1. The molecule has 0 fully saturated rings. The van der Waals surface area contributed by atoms with Crippen molar-refractivity contribution in [1.82, 2.24) is 4.90 Å². The van der Waals surface area contributed by atoms with Crippen LogP contribution in [0.15, 0.2) is 28.7 Å². The molecule has 0 radical (unpaired) electrons. The van der Waals surface area contributed by atoms with Gasteiger partial charge < -0.3 is 14.3 Å². The van der Waals surface area contributed by atoms with Gasteiger partial charge in [0.25, 0.3) is 0 Å². The van der Waals surface area contributed by atoms with E-state index >= 15 is 0 Å². The van der Waals surface area contributed by atoms with E-state index in [9.17, 15) is 5.11 Å². The zero-order valence-corrected chi connectivity index (χ0v) is 11.0. The maximum atomic E-state index is 9.32. The summed E-state index contributed by atoms with van der Waals surface area (Å²) in [6.07, 6.45) is -0.334. The molecule has 1 aromatic heterocycles. The van der Waals surface area contributed by atoms with Crippen LogP contribution in [0.2, 0.25) is 0 Å². The number of rotatable bonds is 5. The number of fused-ring (bicyclic) bond motifs is 1. The highest BCUT2D eigenvalue weighted by atomic mass is 16.5. The van der Waals surface area contributed by atoms with Gasteiger partial charge >= 0.3 is 0 Å². The number of aliphatic hydroxyl groups excluding tert-OH is 1. The smallest absolute Gasteiger partial charge is 0.134 e. The average Bonchev–Trinajstić information content (AvgIpc) is 2.68. The van der Waals surface area contributed by atoms with E-state index in [-0.39, 0.29) is 6.10 Å². The van der Waals surface area contributed by atoms with Gasteiger partial charge in [-0.15, -0.1) is 0 Å². The van der Waals surface area contributed by atoms with Gasteiger partial charge in [0, 0.05) is 11.9 Å². The second-order valence-electron chi connectivity index (χ2n) is 4.66. The minimum atomic E-state index is -0.334. The van der Waals surface area contributed by atoms with Gasteiger partial charge in [0.2, 0.25) is 0 Å². The second kappa shape index (κ2) is 5.42. The molecule has 0 aliphatic rings. The third-order valence-electron chi connectivity index (χ3n) is 2.78. The lowest BCUT2D eigenvalue weighted by molar-refractivity contribution is 0.135. The molecule has 0 bridgehead atoms. The number of benzene rings is 1. The Labute approximate surface area is 107 Å². The van der Waals surface area contributed by atoms with Gasteiger partial charge in [-0.3, -0.25) is 4.90 Å². The predicted octanol–water partition coefficient (Wildman–Crippen LogP) is 2.25. The normalized spacial score (nSPS) is 13.2. The fourth-order valence-corrected chi connectivity index (χ4v) is 2.06. The topological polar surface area (TPSA) is 45.8 Å². The first-order valence-electron chi connectivity index (χ1n) is 6.01. The SMILES string of the molecule is COc1ccc2oc(CN(C)C[C@@H](C)O)cc2c1. The largest absolute Gasteiger partial charge is 0.497 e. The molecule has 1 N–H and O–H groups in total. The van der Waals surface area contributed by atoms with Crippen molar-refractivity contribution in [1.29, 1.82) is 0 Å². The minimum Gasteiger partial charge on any atom is -0.497 e. The molecule has 1 heterocycles. The van der Waals surface area contributed by atoms with Gasteiger partial charge in [0.05, 0.1) is 19.8 Å². The van der Waals surface area contributed by atoms with Crippen molar-refractivity contribution in [3.05, 3.63) is 30.0 Å². The van der Waals surface area contributed by atoms with E-state index in [1.807, 2.05) is 36.2 Å². The summed E-state index contributed by atoms with van der Waals surface area (Å²) in [4.78, 5) is 2.03. The molecule has 1 atom stereocenters. The summed E-state index contributed by atoms with van der Waals surface area (Å²) in [7, 11) is 3.61. The molecule has 1 aromatic carbocycles. The van der Waals surface area contributed by atoms with E-state index in [0.717, 1.165) is 22.5 Å². The summed E-state index contributed by atoms with van der Waals surface area (Å²) in [6.45, 7) is 3.09. The van der Waals surface area contributed by atoms with Crippen molar-refractivity contribution in [2.45, 2.75) is 19.6 Å². The maximum absolute atomic E-state index is 9.32. The Morgan fingerprint density at radius 1 is 1.39 bits per heavy atom. The molecule has 4 nitrogen and oxygen atoms in total. The van der Waals surface area contributed by atoms with E-state index in [0.29, 0.717) is 13.1 Å². The lowest BCUT2D eigenvalue weighted by atomic mass is 10.2. The average molecular weight is 249 g/mol. The van der Waals surface area contributed by atoms with Gasteiger partial charge in [0.15, 0.2) is 0 Å². The highest BCUT2D eigenvalue weighted by molar-refractivity contribution is 5.79. The van der Waals surface area contributed by atoms with Gasteiger partial charge in [-0.2, -0.15) is 0 Å². The second-order valence-corrected chi connectivity index (χ2v) is 4.66. The van der Waals surface area contributed by atoms with E-state index in [1.165, 1.54) is 0 Å². The van der Waals surface area contributed by atoms with Gasteiger partial charge in [-0.25, -0.2) is 0 Å². The summed E-state index contributed by atoms with van der Waals surface area (Å²) >= 11 is 0. The van der Waals surface area contributed by atoms with Crippen LogP contribution in [0.4, 0.5) is 0 Å². The van der Waals surface area contributed by atoms with Crippen molar-refractivity contribution in [2.75, 3.05) is 20.7 Å². The Balaban J connectivity index is 2.14. The molecular formula is C14H19NO3. The van der Waals surface area contributed by atoms with Gasteiger partial charge in [-0.05, 0) is 38.2 Å². The van der Waals surface area contributed by atoms with Crippen LogP contribution in [0, 0.1) is 0 Å². The molecule has 0 amide bonds. The molecular weight excluding hydrogens is 230 g/mol. The lowest BCUT2D eigenvalue weighted by Crippen LogP contribution is -2.26. The number of aliphatic hydroxyl groups is 1. The summed E-state index contributed by atoms with van der Waals surface area (Å²) in [5, 5.41) is 10.4. The highest BCUT2D eigenvalue weighted by Gasteiger charge is 2.09. The van der Waals surface area contributed by atoms with E-state index in [2.05, 4.69) is 0 Å². The number of nitrogens with zero attached hydrogens (tertiary/aromatic N) is 1. The molecule has 0 unspecified atom stereocenters. The van der Waals surface area contributed by atoms with Crippen LogP contribution in [-0.2, 0) is 6.54 Å². The fourth-order valence-electron chi connectivity index (χ4n) is 2.06. The Morgan fingerprint density at radius 3 is 2.83 bits per heavy atom. The van der Waals surface area contributed by atoms with E-state index in [4.69, 9.17) is 9.15 Å².